The van der Waals surface area contributed by atoms with Crippen LogP contribution < -0.4 is 0 Å². The summed E-state index contributed by atoms with van der Waals surface area (Å²) in [7, 11) is 1.47. The number of hydrogen-bond acceptors (Lipinski definition) is 1. The first-order valence-corrected chi connectivity index (χ1v) is 9.70. The molecule has 1 aliphatic carbocycles. The van der Waals surface area contributed by atoms with Crippen molar-refractivity contribution in [2.75, 3.05) is 7.11 Å². The molecule has 1 fully saturated rings. The van der Waals surface area contributed by atoms with Crippen LogP contribution in [0.25, 0.3) is 11.1 Å². The Hall–Kier alpha value is -1.74. The van der Waals surface area contributed by atoms with E-state index >= 15 is 0 Å². The van der Waals surface area contributed by atoms with Crippen LogP contribution in [0.1, 0.15) is 62.5 Å². The maximum Gasteiger partial charge on any atom is 0.167 e. The quantitative estimate of drug-likeness (QED) is 0.548. The van der Waals surface area contributed by atoms with Gasteiger partial charge >= 0.3 is 0 Å². The molecule has 0 atom stereocenters. The van der Waals surface area contributed by atoms with Crippen molar-refractivity contribution in [1.82, 2.24) is 0 Å². The van der Waals surface area contributed by atoms with Crippen LogP contribution in [0.3, 0.4) is 0 Å². The van der Waals surface area contributed by atoms with E-state index in [1.807, 2.05) is 12.1 Å². The Labute approximate surface area is 155 Å². The van der Waals surface area contributed by atoms with Gasteiger partial charge < -0.3 is 4.74 Å². The number of ether oxygens (including phenoxy) is 1. The lowest BCUT2D eigenvalue weighted by molar-refractivity contribution is 0.180. The molecule has 0 saturated heterocycles. The van der Waals surface area contributed by atoms with Gasteiger partial charge in [0.05, 0.1) is 6.61 Å². The molecule has 3 rings (SSSR count). The van der Waals surface area contributed by atoms with Gasteiger partial charge in [-0.1, -0.05) is 56.2 Å². The minimum absolute atomic E-state index is 0.0721. The van der Waals surface area contributed by atoms with Crippen LogP contribution in [-0.4, -0.2) is 7.11 Å². The Bertz CT molecular complexity index is 716. The molecule has 0 spiro atoms. The summed E-state index contributed by atoms with van der Waals surface area (Å²) in [5.41, 5.74) is 2.59. The minimum Gasteiger partial charge on any atom is -0.380 e. The van der Waals surface area contributed by atoms with Gasteiger partial charge in [-0.05, 0) is 48.6 Å². The molecule has 26 heavy (non-hydrogen) atoms. The fraction of sp³-hybridized carbons (Fsp3) is 0.478. The van der Waals surface area contributed by atoms with Crippen molar-refractivity contribution in [3.8, 4) is 11.1 Å². The van der Waals surface area contributed by atoms with Gasteiger partial charge in [-0.25, -0.2) is 8.78 Å². The number of methoxy groups -OCH3 is 1. The zero-order valence-corrected chi connectivity index (χ0v) is 15.7. The van der Waals surface area contributed by atoms with E-state index in [2.05, 4.69) is 19.1 Å². The highest BCUT2D eigenvalue weighted by Gasteiger charge is 2.22. The van der Waals surface area contributed by atoms with Crippen molar-refractivity contribution < 1.29 is 13.5 Å². The first kappa shape index (κ1) is 19.0. The van der Waals surface area contributed by atoms with Crippen molar-refractivity contribution >= 4 is 0 Å². The second-order valence-corrected chi connectivity index (χ2v) is 7.46. The second-order valence-electron chi connectivity index (χ2n) is 7.46. The molecule has 0 radical (unpaired) electrons. The highest BCUT2D eigenvalue weighted by Crippen LogP contribution is 2.38. The number of halogens is 2. The lowest BCUT2D eigenvalue weighted by atomic mass is 9.77. The summed E-state index contributed by atoms with van der Waals surface area (Å²) in [6, 6.07) is 11.2. The average Bonchev–Trinajstić information content (AvgIpc) is 2.67. The summed E-state index contributed by atoms with van der Waals surface area (Å²) in [6.45, 7) is 2.33. The molecule has 0 heterocycles. The Balaban J connectivity index is 1.73. The Morgan fingerprint density at radius 2 is 1.62 bits per heavy atom. The minimum atomic E-state index is -0.817. The van der Waals surface area contributed by atoms with E-state index in [0.29, 0.717) is 17.0 Å². The van der Waals surface area contributed by atoms with Gasteiger partial charge in [0.15, 0.2) is 11.6 Å². The molecular formula is C23H28F2O. The molecule has 1 aliphatic rings. The first-order chi connectivity index (χ1) is 12.6. The third-order valence-electron chi connectivity index (χ3n) is 5.70. The van der Waals surface area contributed by atoms with Crippen LogP contribution in [-0.2, 0) is 11.3 Å². The lowest BCUT2D eigenvalue weighted by Gasteiger charge is -2.28. The monoisotopic (exact) mass is 358 g/mol. The summed E-state index contributed by atoms with van der Waals surface area (Å²) in [5, 5.41) is 0. The smallest absolute Gasteiger partial charge is 0.167 e. The summed E-state index contributed by atoms with van der Waals surface area (Å²) in [5.74, 6) is -0.129. The Morgan fingerprint density at radius 1 is 0.923 bits per heavy atom. The standard InChI is InChI=1S/C23H28F2O/c1-3-4-16-5-7-17(8-6-16)18-9-11-19(12-10-18)21-14-13-20(15-26-2)22(24)23(21)25/h9-14,16-17H,3-8,15H2,1-2H3. The van der Waals surface area contributed by atoms with Crippen LogP contribution in [0, 0.1) is 17.6 Å². The van der Waals surface area contributed by atoms with E-state index in [-0.39, 0.29) is 12.2 Å². The normalized spacial score (nSPS) is 20.3. The van der Waals surface area contributed by atoms with Gasteiger partial charge in [-0.15, -0.1) is 0 Å². The van der Waals surface area contributed by atoms with Gasteiger partial charge in [0.2, 0.25) is 0 Å². The molecule has 2 aromatic carbocycles. The lowest BCUT2D eigenvalue weighted by Crippen LogP contribution is -2.13. The zero-order chi connectivity index (χ0) is 18.5. The number of hydrogen-bond donors (Lipinski definition) is 0. The van der Waals surface area contributed by atoms with Crippen molar-refractivity contribution in [2.45, 2.75) is 58.0 Å². The van der Waals surface area contributed by atoms with Crippen molar-refractivity contribution in [2.24, 2.45) is 5.92 Å². The SMILES string of the molecule is CCCC1CCC(c2ccc(-c3ccc(COC)c(F)c3F)cc2)CC1. The fourth-order valence-electron chi connectivity index (χ4n) is 4.21. The molecule has 0 amide bonds. The van der Waals surface area contributed by atoms with Gasteiger partial charge in [0.25, 0.3) is 0 Å². The topological polar surface area (TPSA) is 9.23 Å². The second kappa shape index (κ2) is 8.77. The molecule has 2 aromatic rings. The van der Waals surface area contributed by atoms with Crippen molar-refractivity contribution in [1.29, 1.82) is 0 Å². The average molecular weight is 358 g/mol. The van der Waals surface area contributed by atoms with Crippen LogP contribution in [0.4, 0.5) is 8.78 Å². The Kier molecular flexibility index (Phi) is 6.42. The van der Waals surface area contributed by atoms with Gasteiger partial charge in [0, 0.05) is 18.2 Å². The van der Waals surface area contributed by atoms with Crippen LogP contribution in [0.5, 0.6) is 0 Å². The van der Waals surface area contributed by atoms with Crippen LogP contribution >= 0.6 is 0 Å². The molecule has 0 bridgehead atoms. The zero-order valence-electron chi connectivity index (χ0n) is 15.7. The fourth-order valence-corrected chi connectivity index (χ4v) is 4.21. The predicted molar refractivity (Wildman–Crippen MR) is 102 cm³/mol. The third-order valence-corrected chi connectivity index (χ3v) is 5.70. The van der Waals surface area contributed by atoms with E-state index in [0.717, 1.165) is 5.92 Å². The van der Waals surface area contributed by atoms with Crippen molar-refractivity contribution in [3.05, 3.63) is 59.2 Å². The number of benzene rings is 2. The van der Waals surface area contributed by atoms with E-state index < -0.39 is 11.6 Å². The molecule has 3 heteroatoms. The third kappa shape index (κ3) is 4.15. The predicted octanol–water partition coefficient (Wildman–Crippen LogP) is 6.85. The van der Waals surface area contributed by atoms with Gasteiger partial charge in [-0.3, -0.25) is 0 Å². The van der Waals surface area contributed by atoms with Crippen molar-refractivity contribution in [3.63, 3.8) is 0 Å². The first-order valence-electron chi connectivity index (χ1n) is 9.70. The largest absolute Gasteiger partial charge is 0.380 e. The van der Waals surface area contributed by atoms with Gasteiger partial charge in [-0.2, -0.15) is 0 Å². The molecule has 0 N–H and O–H groups in total. The summed E-state index contributed by atoms with van der Waals surface area (Å²) < 4.78 is 33.5. The maximum atomic E-state index is 14.4. The highest BCUT2D eigenvalue weighted by molar-refractivity contribution is 5.65. The van der Waals surface area contributed by atoms with E-state index in [9.17, 15) is 8.78 Å². The molecule has 0 aromatic heterocycles. The maximum absolute atomic E-state index is 14.4. The summed E-state index contributed by atoms with van der Waals surface area (Å²) in [4.78, 5) is 0. The molecule has 0 unspecified atom stereocenters. The molecular weight excluding hydrogens is 330 g/mol. The van der Waals surface area contributed by atoms with E-state index in [1.54, 1.807) is 12.1 Å². The molecule has 1 saturated carbocycles. The van der Waals surface area contributed by atoms with E-state index in [1.165, 1.54) is 51.2 Å². The highest BCUT2D eigenvalue weighted by atomic mass is 19.2. The summed E-state index contributed by atoms with van der Waals surface area (Å²) >= 11 is 0. The number of rotatable bonds is 6. The Morgan fingerprint density at radius 3 is 2.23 bits per heavy atom. The van der Waals surface area contributed by atoms with Gasteiger partial charge in [0.1, 0.15) is 0 Å². The molecule has 140 valence electrons. The molecule has 0 aliphatic heterocycles. The van der Waals surface area contributed by atoms with E-state index in [4.69, 9.17) is 4.74 Å². The molecule has 1 nitrogen and oxygen atoms in total. The van der Waals surface area contributed by atoms with Crippen LogP contribution in [0.2, 0.25) is 0 Å². The summed E-state index contributed by atoms with van der Waals surface area (Å²) in [6.07, 6.45) is 7.70. The van der Waals surface area contributed by atoms with Crippen LogP contribution in [0.15, 0.2) is 36.4 Å².